The van der Waals surface area contributed by atoms with Gasteiger partial charge in [-0.05, 0) is 58.4 Å². The van der Waals surface area contributed by atoms with E-state index in [4.69, 9.17) is 0 Å². The Morgan fingerprint density at radius 2 is 1.47 bits per heavy atom. The molecule has 0 fully saturated rings. The van der Waals surface area contributed by atoms with Gasteiger partial charge in [-0.2, -0.15) is 0 Å². The standard InChI is InChI=1S/C31H29N/c1-22-10-4-5-11-27(22)20-25-16-18-26(19-17-25)24(3)32-21-28-12-6-7-13-29(28)23(2)30-14-8-9-15-31(30)32/h4-19,23H,3,20-21H2,1-2H3. The molecule has 1 heterocycles. The first-order chi connectivity index (χ1) is 15.6. The predicted molar refractivity (Wildman–Crippen MR) is 136 cm³/mol. The van der Waals surface area contributed by atoms with Crippen molar-refractivity contribution in [3.05, 3.63) is 143 Å². The number of aryl methyl sites for hydroxylation is 1. The van der Waals surface area contributed by atoms with Crippen LogP contribution in [0.2, 0.25) is 0 Å². The molecule has 1 nitrogen and oxygen atoms in total. The van der Waals surface area contributed by atoms with Gasteiger partial charge in [0.2, 0.25) is 0 Å². The van der Waals surface area contributed by atoms with E-state index in [0.717, 1.165) is 18.7 Å². The normalized spacial score (nSPS) is 14.9. The van der Waals surface area contributed by atoms with Crippen LogP contribution in [0.3, 0.4) is 0 Å². The molecule has 0 saturated carbocycles. The molecular formula is C31H29N. The maximum absolute atomic E-state index is 4.54. The molecule has 158 valence electrons. The van der Waals surface area contributed by atoms with Crippen molar-refractivity contribution in [2.24, 2.45) is 0 Å². The highest BCUT2D eigenvalue weighted by Crippen LogP contribution is 2.41. The first kappa shape index (κ1) is 20.3. The summed E-state index contributed by atoms with van der Waals surface area (Å²) in [6, 6.07) is 35.1. The van der Waals surface area contributed by atoms with Crippen LogP contribution in [-0.4, -0.2) is 0 Å². The lowest BCUT2D eigenvalue weighted by atomic mass is 9.90. The quantitative estimate of drug-likeness (QED) is 0.330. The Bertz CT molecular complexity index is 1270. The molecule has 0 bridgehead atoms. The lowest BCUT2D eigenvalue weighted by Gasteiger charge is -2.28. The molecule has 0 amide bonds. The van der Waals surface area contributed by atoms with Crippen molar-refractivity contribution < 1.29 is 0 Å². The van der Waals surface area contributed by atoms with Gasteiger partial charge in [0.05, 0.1) is 0 Å². The molecule has 1 heteroatoms. The van der Waals surface area contributed by atoms with Crippen molar-refractivity contribution in [1.82, 2.24) is 0 Å². The Morgan fingerprint density at radius 1 is 0.812 bits per heavy atom. The molecule has 4 aromatic carbocycles. The molecule has 0 aliphatic carbocycles. The summed E-state index contributed by atoms with van der Waals surface area (Å²) in [6.45, 7) is 9.87. The van der Waals surface area contributed by atoms with Crippen LogP contribution in [0.1, 0.15) is 51.8 Å². The Balaban J connectivity index is 1.47. The van der Waals surface area contributed by atoms with E-state index in [2.05, 4.69) is 122 Å². The lowest BCUT2D eigenvalue weighted by Crippen LogP contribution is -2.20. The zero-order chi connectivity index (χ0) is 22.1. The van der Waals surface area contributed by atoms with E-state index in [1.165, 1.54) is 44.6 Å². The Labute approximate surface area is 191 Å². The van der Waals surface area contributed by atoms with Crippen molar-refractivity contribution in [3.63, 3.8) is 0 Å². The zero-order valence-corrected chi connectivity index (χ0v) is 18.9. The highest BCUT2D eigenvalue weighted by Gasteiger charge is 2.25. The number of rotatable bonds is 4. The van der Waals surface area contributed by atoms with E-state index in [-0.39, 0.29) is 0 Å². The lowest BCUT2D eigenvalue weighted by molar-refractivity contribution is 0.918. The van der Waals surface area contributed by atoms with E-state index in [1.807, 2.05) is 0 Å². The maximum atomic E-state index is 4.54. The average molecular weight is 416 g/mol. The van der Waals surface area contributed by atoms with Gasteiger partial charge in [0, 0.05) is 23.8 Å². The highest BCUT2D eigenvalue weighted by atomic mass is 15.1. The van der Waals surface area contributed by atoms with E-state index in [9.17, 15) is 0 Å². The van der Waals surface area contributed by atoms with E-state index in [1.54, 1.807) is 0 Å². The second kappa shape index (κ2) is 8.51. The van der Waals surface area contributed by atoms with Gasteiger partial charge in [-0.3, -0.25) is 0 Å². The Morgan fingerprint density at radius 3 is 2.25 bits per heavy atom. The molecule has 32 heavy (non-hydrogen) atoms. The number of benzene rings is 4. The van der Waals surface area contributed by atoms with Crippen LogP contribution in [0.15, 0.2) is 104 Å². The fourth-order valence-electron chi connectivity index (χ4n) is 4.86. The summed E-state index contributed by atoms with van der Waals surface area (Å²) in [6.07, 6.45) is 0.955. The van der Waals surface area contributed by atoms with Gasteiger partial charge >= 0.3 is 0 Å². The molecule has 0 radical (unpaired) electrons. The van der Waals surface area contributed by atoms with E-state index < -0.39 is 0 Å². The first-order valence-corrected chi connectivity index (χ1v) is 11.4. The Hall–Kier alpha value is -3.58. The summed E-state index contributed by atoms with van der Waals surface area (Å²) in [5, 5.41) is 0. The third-order valence-electron chi connectivity index (χ3n) is 6.81. The van der Waals surface area contributed by atoms with Crippen molar-refractivity contribution in [3.8, 4) is 0 Å². The van der Waals surface area contributed by atoms with Gasteiger partial charge in [-0.25, -0.2) is 0 Å². The number of para-hydroxylation sites is 1. The molecule has 0 N–H and O–H groups in total. The number of hydrogen-bond donors (Lipinski definition) is 0. The van der Waals surface area contributed by atoms with Crippen molar-refractivity contribution in [1.29, 1.82) is 0 Å². The molecule has 1 unspecified atom stereocenters. The average Bonchev–Trinajstić information content (AvgIpc) is 2.96. The van der Waals surface area contributed by atoms with E-state index >= 15 is 0 Å². The van der Waals surface area contributed by atoms with Crippen LogP contribution in [0.5, 0.6) is 0 Å². The molecule has 0 spiro atoms. The molecule has 5 rings (SSSR count). The van der Waals surface area contributed by atoms with Crippen LogP contribution < -0.4 is 4.90 Å². The van der Waals surface area contributed by atoms with Crippen LogP contribution in [0.25, 0.3) is 5.70 Å². The van der Waals surface area contributed by atoms with Gasteiger partial charge < -0.3 is 4.90 Å². The zero-order valence-electron chi connectivity index (χ0n) is 18.9. The molecule has 1 aliphatic rings. The summed E-state index contributed by atoms with van der Waals surface area (Å²) >= 11 is 0. The molecule has 1 aliphatic heterocycles. The second-order valence-electron chi connectivity index (χ2n) is 8.81. The number of hydrogen-bond acceptors (Lipinski definition) is 1. The molecule has 0 aromatic heterocycles. The number of nitrogens with zero attached hydrogens (tertiary/aromatic N) is 1. The minimum atomic E-state index is 0.358. The summed E-state index contributed by atoms with van der Waals surface area (Å²) < 4.78 is 0. The fourth-order valence-corrected chi connectivity index (χ4v) is 4.86. The number of fused-ring (bicyclic) bond motifs is 2. The second-order valence-corrected chi connectivity index (χ2v) is 8.81. The summed E-state index contributed by atoms with van der Waals surface area (Å²) in [4.78, 5) is 2.38. The third kappa shape index (κ3) is 3.76. The SMILES string of the molecule is C=C(c1ccc(Cc2ccccc2C)cc1)N1Cc2ccccc2C(C)c2ccccc21. The monoisotopic (exact) mass is 415 g/mol. The highest BCUT2D eigenvalue weighted by molar-refractivity contribution is 5.81. The van der Waals surface area contributed by atoms with Crippen molar-refractivity contribution in [2.75, 3.05) is 4.90 Å². The van der Waals surface area contributed by atoms with Crippen LogP contribution >= 0.6 is 0 Å². The smallest absolute Gasteiger partial charge is 0.0484 e. The van der Waals surface area contributed by atoms with Crippen molar-refractivity contribution >= 4 is 11.4 Å². The maximum Gasteiger partial charge on any atom is 0.0484 e. The molecule has 0 saturated heterocycles. The fraction of sp³-hybridized carbons (Fsp3) is 0.161. The molecule has 4 aromatic rings. The summed E-state index contributed by atoms with van der Waals surface area (Å²) in [5.74, 6) is 0.358. The summed E-state index contributed by atoms with van der Waals surface area (Å²) in [7, 11) is 0. The van der Waals surface area contributed by atoms with Gasteiger partial charge in [-0.15, -0.1) is 0 Å². The molecule has 1 atom stereocenters. The van der Waals surface area contributed by atoms with Crippen LogP contribution in [-0.2, 0) is 13.0 Å². The third-order valence-corrected chi connectivity index (χ3v) is 6.81. The van der Waals surface area contributed by atoms with Crippen LogP contribution in [0, 0.1) is 6.92 Å². The first-order valence-electron chi connectivity index (χ1n) is 11.4. The minimum Gasteiger partial charge on any atom is -0.337 e. The summed E-state index contributed by atoms with van der Waals surface area (Å²) in [5.41, 5.74) is 11.6. The minimum absolute atomic E-state index is 0.358. The van der Waals surface area contributed by atoms with E-state index in [0.29, 0.717) is 5.92 Å². The van der Waals surface area contributed by atoms with Gasteiger partial charge in [-0.1, -0.05) is 104 Å². The van der Waals surface area contributed by atoms with Crippen molar-refractivity contribution in [2.45, 2.75) is 32.7 Å². The van der Waals surface area contributed by atoms with Gasteiger partial charge in [0.1, 0.15) is 0 Å². The van der Waals surface area contributed by atoms with Gasteiger partial charge in [0.25, 0.3) is 0 Å². The number of anilines is 1. The Kier molecular flexibility index (Phi) is 5.41. The van der Waals surface area contributed by atoms with Gasteiger partial charge in [0.15, 0.2) is 0 Å². The molecular weight excluding hydrogens is 386 g/mol. The largest absolute Gasteiger partial charge is 0.337 e. The predicted octanol–water partition coefficient (Wildman–Crippen LogP) is 7.73. The van der Waals surface area contributed by atoms with Crippen LogP contribution in [0.4, 0.5) is 5.69 Å². The topological polar surface area (TPSA) is 3.24 Å².